The van der Waals surface area contributed by atoms with Gasteiger partial charge >= 0.3 is 5.69 Å². The summed E-state index contributed by atoms with van der Waals surface area (Å²) >= 11 is 0. The topological polar surface area (TPSA) is 106 Å². The number of guanidine groups is 1. The van der Waals surface area contributed by atoms with E-state index < -0.39 is 0 Å². The van der Waals surface area contributed by atoms with Crippen molar-refractivity contribution < 1.29 is 4.74 Å². The molecular weight excluding hydrogens is 398 g/mol. The van der Waals surface area contributed by atoms with Gasteiger partial charge in [0.2, 0.25) is 5.96 Å². The Hall–Kier alpha value is -3.73. The average Bonchev–Trinajstić information content (AvgIpc) is 3.49. The van der Waals surface area contributed by atoms with Gasteiger partial charge in [0.05, 0.1) is 42.9 Å². The number of fused-ring (bicyclic) bond motifs is 3. The maximum Gasteiger partial charge on any atom is 0.348 e. The lowest BCUT2D eigenvalue weighted by molar-refractivity contribution is 0.0966. The van der Waals surface area contributed by atoms with Crippen LogP contribution in [0.1, 0.15) is 11.3 Å². The van der Waals surface area contributed by atoms with Gasteiger partial charge in [-0.25, -0.2) is 19.3 Å². The Balaban J connectivity index is 1.56. The van der Waals surface area contributed by atoms with E-state index in [1.165, 1.54) is 6.33 Å². The number of pyridine rings is 1. The Morgan fingerprint density at radius 1 is 1.39 bits per heavy atom. The summed E-state index contributed by atoms with van der Waals surface area (Å²) in [7, 11) is 1.73. The van der Waals surface area contributed by atoms with Crippen molar-refractivity contribution >= 4 is 29.8 Å². The first-order chi connectivity index (χ1) is 14.9. The van der Waals surface area contributed by atoms with Crippen LogP contribution in [0, 0.1) is 13.8 Å². The van der Waals surface area contributed by atoms with Gasteiger partial charge in [0.15, 0.2) is 11.5 Å². The highest BCUT2D eigenvalue weighted by Crippen LogP contribution is 2.32. The van der Waals surface area contributed by atoms with Crippen molar-refractivity contribution in [2.24, 2.45) is 17.0 Å². The molecule has 160 valence electrons. The molecule has 31 heavy (non-hydrogen) atoms. The molecule has 2 saturated heterocycles. The number of aromatic nitrogens is 5. The van der Waals surface area contributed by atoms with E-state index in [2.05, 4.69) is 38.7 Å². The molecule has 2 bridgehead atoms. The summed E-state index contributed by atoms with van der Waals surface area (Å²) in [6.07, 6.45) is 3.23. The third-order valence-electron chi connectivity index (χ3n) is 5.99. The molecule has 11 heteroatoms. The number of morpholine rings is 1. The number of imidazole rings is 1. The molecule has 0 aliphatic carbocycles. The number of nitrogens with one attached hydrogen (secondary N) is 1. The van der Waals surface area contributed by atoms with E-state index in [4.69, 9.17) is 4.74 Å². The van der Waals surface area contributed by atoms with E-state index in [0.717, 1.165) is 22.5 Å². The van der Waals surface area contributed by atoms with Gasteiger partial charge < -0.3 is 10.1 Å². The van der Waals surface area contributed by atoms with Gasteiger partial charge in [-0.2, -0.15) is 14.8 Å². The molecule has 1 N–H and O–H groups in total. The summed E-state index contributed by atoms with van der Waals surface area (Å²) in [5.41, 5.74) is 3.97. The zero-order valence-electron chi connectivity index (χ0n) is 17.6. The van der Waals surface area contributed by atoms with Gasteiger partial charge in [-0.05, 0) is 37.8 Å². The van der Waals surface area contributed by atoms with Crippen LogP contribution in [0.3, 0.4) is 0 Å². The average molecular weight is 421 g/mol. The fraction of sp³-hybridized carbons (Fsp3) is 0.350. The lowest BCUT2D eigenvalue weighted by atomic mass is 10.2. The molecule has 2 aliphatic heterocycles. The Morgan fingerprint density at radius 2 is 2.19 bits per heavy atom. The molecule has 3 aromatic rings. The second-order valence-corrected chi connectivity index (χ2v) is 7.75. The van der Waals surface area contributed by atoms with Gasteiger partial charge in [0.1, 0.15) is 6.33 Å². The summed E-state index contributed by atoms with van der Waals surface area (Å²) in [5.74, 6) is 0.756. The van der Waals surface area contributed by atoms with Gasteiger partial charge in [-0.3, -0.25) is 9.58 Å². The normalized spacial score (nSPS) is 20.8. The second kappa shape index (κ2) is 6.91. The van der Waals surface area contributed by atoms with Crippen molar-refractivity contribution in [3.8, 4) is 0 Å². The minimum atomic E-state index is -0.180. The number of anilines is 1. The van der Waals surface area contributed by atoms with Crippen molar-refractivity contribution in [2.45, 2.75) is 26.0 Å². The van der Waals surface area contributed by atoms with Gasteiger partial charge in [-0.15, -0.1) is 0 Å². The largest absolute Gasteiger partial charge is 0.369 e. The molecule has 0 spiro atoms. The summed E-state index contributed by atoms with van der Waals surface area (Å²) < 4.78 is 10.5. The molecule has 5 heterocycles. The summed E-state index contributed by atoms with van der Waals surface area (Å²) in [6.45, 7) is 12.6. The minimum absolute atomic E-state index is 0.0523. The van der Waals surface area contributed by atoms with Crippen LogP contribution in [0.2, 0.25) is 0 Å². The number of hydrogen-bond acceptors (Lipinski definition) is 6. The molecule has 0 unspecified atom stereocenters. The number of aliphatic imine (C=N–C) groups is 2. The lowest BCUT2D eigenvalue weighted by Gasteiger charge is -2.29. The molecule has 11 nitrogen and oxygen atoms in total. The smallest absolute Gasteiger partial charge is 0.348 e. The standard InChI is InChI=1S/C20H23N9O2/c1-11-6-17-22-10-23-27(17)7-14(11)24-19(21-4)25-18-13(3)26(5)20(30)29(18)28-8-16-12(2)15(28)9-31-16/h6-7,10,15-16H,2,4,8-9H2,1,3,5H3,(H,24,25)/t15-,16-/m1/s1. The third kappa shape index (κ3) is 2.88. The monoisotopic (exact) mass is 421 g/mol. The van der Waals surface area contributed by atoms with E-state index in [-0.39, 0.29) is 23.8 Å². The van der Waals surface area contributed by atoms with E-state index in [9.17, 15) is 4.79 Å². The predicted molar refractivity (Wildman–Crippen MR) is 118 cm³/mol. The number of ether oxygens (including phenoxy) is 1. The molecule has 5 rings (SSSR count). The fourth-order valence-corrected chi connectivity index (χ4v) is 4.05. The number of aryl methyl sites for hydroxylation is 1. The molecule has 0 aromatic carbocycles. The third-order valence-corrected chi connectivity index (χ3v) is 5.99. The van der Waals surface area contributed by atoms with E-state index in [0.29, 0.717) is 24.7 Å². The quantitative estimate of drug-likeness (QED) is 0.383. The summed E-state index contributed by atoms with van der Waals surface area (Å²) in [5, 5.41) is 9.33. The molecule has 0 amide bonds. The molecule has 2 atom stereocenters. The molecule has 2 fully saturated rings. The van der Waals surface area contributed by atoms with Crippen molar-refractivity contribution in [1.82, 2.24) is 23.8 Å². The predicted octanol–water partition coefficient (Wildman–Crippen LogP) is 0.922. The van der Waals surface area contributed by atoms with Crippen LogP contribution in [0.15, 0.2) is 45.5 Å². The first-order valence-electron chi connectivity index (χ1n) is 9.87. The Morgan fingerprint density at radius 3 is 2.87 bits per heavy atom. The number of hydrogen-bond donors (Lipinski definition) is 1. The minimum Gasteiger partial charge on any atom is -0.369 e. The van der Waals surface area contributed by atoms with Crippen molar-refractivity contribution in [3.63, 3.8) is 0 Å². The molecule has 3 aromatic heterocycles. The Labute approximate surface area is 178 Å². The molecule has 0 radical (unpaired) electrons. The first-order valence-corrected chi connectivity index (χ1v) is 9.87. The van der Waals surface area contributed by atoms with Crippen LogP contribution in [0.25, 0.3) is 5.65 Å². The lowest BCUT2D eigenvalue weighted by Crippen LogP contribution is -2.49. The zero-order valence-corrected chi connectivity index (χ0v) is 17.6. The molecule has 2 aliphatic rings. The highest BCUT2D eigenvalue weighted by molar-refractivity contribution is 5.98. The molecular formula is C20H23N9O2. The summed E-state index contributed by atoms with van der Waals surface area (Å²) in [6, 6.07) is 1.86. The van der Waals surface area contributed by atoms with Crippen LogP contribution < -0.4 is 16.0 Å². The van der Waals surface area contributed by atoms with E-state index in [1.54, 1.807) is 20.8 Å². The highest BCUT2D eigenvalue weighted by atomic mass is 16.5. The van der Waals surface area contributed by atoms with Crippen LogP contribution in [0.5, 0.6) is 0 Å². The fourth-order valence-electron chi connectivity index (χ4n) is 4.05. The maximum absolute atomic E-state index is 13.0. The highest BCUT2D eigenvalue weighted by Gasteiger charge is 2.44. The second-order valence-electron chi connectivity index (χ2n) is 7.75. The number of rotatable bonds is 3. The van der Waals surface area contributed by atoms with Crippen LogP contribution in [-0.2, 0) is 11.8 Å². The van der Waals surface area contributed by atoms with Gasteiger partial charge in [-0.1, -0.05) is 6.58 Å². The van der Waals surface area contributed by atoms with Crippen molar-refractivity contribution in [2.75, 3.05) is 23.5 Å². The SMILES string of the molecule is C=NC(=Nc1c(C)n(C)c(=O)n1N1C[C@H]2OC[C@@H]1C2=C)Nc1cn2ncnc2cc1C. The van der Waals surface area contributed by atoms with Crippen LogP contribution in [0.4, 0.5) is 11.5 Å². The van der Waals surface area contributed by atoms with Gasteiger partial charge in [0, 0.05) is 7.05 Å². The maximum atomic E-state index is 13.0. The zero-order chi connectivity index (χ0) is 21.9. The van der Waals surface area contributed by atoms with Crippen molar-refractivity contribution in [1.29, 1.82) is 0 Å². The Kier molecular flexibility index (Phi) is 4.29. The van der Waals surface area contributed by atoms with Crippen LogP contribution >= 0.6 is 0 Å². The first kappa shape index (κ1) is 19.2. The van der Waals surface area contributed by atoms with Gasteiger partial charge in [0.25, 0.3) is 0 Å². The number of nitrogens with zero attached hydrogens (tertiary/aromatic N) is 8. The molecule has 0 saturated carbocycles. The van der Waals surface area contributed by atoms with E-state index >= 15 is 0 Å². The Bertz CT molecular complexity index is 1310. The van der Waals surface area contributed by atoms with E-state index in [1.807, 2.05) is 31.1 Å². The van der Waals surface area contributed by atoms with Crippen LogP contribution in [-0.4, -0.2) is 61.8 Å². The summed E-state index contributed by atoms with van der Waals surface area (Å²) in [4.78, 5) is 26.0. The van der Waals surface area contributed by atoms with Crippen molar-refractivity contribution in [3.05, 3.63) is 52.5 Å².